The number of hydrogen-bond acceptors (Lipinski definition) is 3. The van der Waals surface area contributed by atoms with Crippen molar-refractivity contribution < 1.29 is 4.79 Å². The smallest absolute Gasteiger partial charge is 0.250 e. The minimum atomic E-state index is -0.812. The quantitative estimate of drug-likeness (QED) is 0.434. The molecule has 2 aromatic heterocycles. The van der Waals surface area contributed by atoms with E-state index in [4.69, 9.17) is 0 Å². The van der Waals surface area contributed by atoms with Crippen molar-refractivity contribution in [2.45, 2.75) is 38.8 Å². The second-order valence-electron chi connectivity index (χ2n) is 8.47. The van der Waals surface area contributed by atoms with Gasteiger partial charge in [-0.15, -0.1) is 0 Å². The summed E-state index contributed by atoms with van der Waals surface area (Å²) in [6.45, 7) is 5.02. The van der Waals surface area contributed by atoms with Crippen LogP contribution in [0.2, 0.25) is 0 Å². The van der Waals surface area contributed by atoms with Crippen LogP contribution in [0, 0.1) is 0 Å². The lowest BCUT2D eigenvalue weighted by Gasteiger charge is -2.32. The van der Waals surface area contributed by atoms with E-state index in [1.165, 1.54) is 22.8 Å². The molecule has 1 amide bonds. The number of hydrogen-bond donors (Lipinski definition) is 0. The number of para-hydroxylation sites is 1. The summed E-state index contributed by atoms with van der Waals surface area (Å²) < 4.78 is 3.82. The van der Waals surface area contributed by atoms with Crippen LogP contribution in [0.1, 0.15) is 31.5 Å². The molecule has 0 aliphatic heterocycles. The number of rotatable bonds is 8. The van der Waals surface area contributed by atoms with Crippen molar-refractivity contribution in [1.29, 1.82) is 0 Å². The fourth-order valence-electron chi connectivity index (χ4n) is 4.05. The zero-order valence-electron chi connectivity index (χ0n) is 18.4. The Balaban J connectivity index is 1.58. The van der Waals surface area contributed by atoms with Crippen molar-refractivity contribution >= 4 is 16.8 Å². The van der Waals surface area contributed by atoms with E-state index >= 15 is 0 Å². The third-order valence-corrected chi connectivity index (χ3v) is 5.94. The molecular formula is C25H29N5O. The van der Waals surface area contributed by atoms with Crippen molar-refractivity contribution in [2.75, 3.05) is 6.54 Å². The molecule has 0 saturated heterocycles. The highest BCUT2D eigenvalue weighted by atomic mass is 16.2. The van der Waals surface area contributed by atoms with Gasteiger partial charge in [0.25, 0.3) is 0 Å². The Hall–Kier alpha value is -3.41. The van der Waals surface area contributed by atoms with Gasteiger partial charge in [-0.1, -0.05) is 48.5 Å². The lowest BCUT2D eigenvalue weighted by atomic mass is 10.0. The molecule has 0 atom stereocenters. The van der Waals surface area contributed by atoms with Crippen LogP contribution < -0.4 is 0 Å². The molecule has 0 aliphatic carbocycles. The van der Waals surface area contributed by atoms with E-state index in [0.717, 1.165) is 18.5 Å². The van der Waals surface area contributed by atoms with Crippen molar-refractivity contribution in [1.82, 2.24) is 24.2 Å². The molecular weight excluding hydrogens is 386 g/mol. The molecule has 6 heteroatoms. The minimum Gasteiger partial charge on any atom is -0.346 e. The Bertz CT molecular complexity index is 1150. The maximum atomic E-state index is 13.7. The van der Waals surface area contributed by atoms with Gasteiger partial charge < -0.3 is 9.47 Å². The standard InChI is InChI=1S/C25H29N5O/c1-25(2,30-19-26-18-27-30)24(31)29(15-9-12-20-10-5-4-6-11-20)17-22-16-21-13-7-8-14-23(21)28(22)3/h4-8,10-11,13-14,16,18-19H,9,12,15,17H2,1-3H3. The van der Waals surface area contributed by atoms with Crippen LogP contribution >= 0.6 is 0 Å². The van der Waals surface area contributed by atoms with Gasteiger partial charge in [0.1, 0.15) is 18.2 Å². The van der Waals surface area contributed by atoms with E-state index in [0.29, 0.717) is 13.1 Å². The van der Waals surface area contributed by atoms with Gasteiger partial charge in [0.2, 0.25) is 5.91 Å². The highest BCUT2D eigenvalue weighted by Gasteiger charge is 2.35. The first kappa shape index (κ1) is 20.8. The average molecular weight is 416 g/mol. The van der Waals surface area contributed by atoms with Gasteiger partial charge in [-0.2, -0.15) is 5.10 Å². The molecule has 0 N–H and O–H groups in total. The fraction of sp³-hybridized carbons (Fsp3) is 0.320. The van der Waals surface area contributed by atoms with Gasteiger partial charge in [0, 0.05) is 24.8 Å². The Morgan fingerprint density at radius 2 is 1.81 bits per heavy atom. The molecule has 2 heterocycles. The summed E-state index contributed by atoms with van der Waals surface area (Å²) in [4.78, 5) is 19.7. The molecule has 2 aromatic carbocycles. The molecule has 31 heavy (non-hydrogen) atoms. The predicted molar refractivity (Wildman–Crippen MR) is 122 cm³/mol. The summed E-state index contributed by atoms with van der Waals surface area (Å²) >= 11 is 0. The fourth-order valence-corrected chi connectivity index (χ4v) is 4.05. The van der Waals surface area contributed by atoms with Crippen molar-refractivity contribution in [3.8, 4) is 0 Å². The number of aryl methyl sites for hydroxylation is 2. The third-order valence-electron chi connectivity index (χ3n) is 5.94. The SMILES string of the molecule is Cn1c(CN(CCCc2ccccc2)C(=O)C(C)(C)n2cncn2)cc2ccccc21. The van der Waals surface area contributed by atoms with Gasteiger partial charge in [-0.05, 0) is 49.8 Å². The molecule has 0 fully saturated rings. The molecule has 0 radical (unpaired) electrons. The summed E-state index contributed by atoms with van der Waals surface area (Å²) in [5.74, 6) is 0.0383. The third kappa shape index (κ3) is 4.38. The zero-order valence-corrected chi connectivity index (χ0v) is 18.4. The zero-order chi connectivity index (χ0) is 21.8. The maximum Gasteiger partial charge on any atom is 0.250 e. The van der Waals surface area contributed by atoms with Gasteiger partial charge in [0.05, 0.1) is 6.54 Å². The summed E-state index contributed by atoms with van der Waals surface area (Å²) in [5, 5.41) is 5.42. The number of fused-ring (bicyclic) bond motifs is 1. The monoisotopic (exact) mass is 415 g/mol. The van der Waals surface area contributed by atoms with Crippen molar-refractivity contribution in [3.05, 3.63) is 84.6 Å². The van der Waals surface area contributed by atoms with Crippen LogP contribution in [0.4, 0.5) is 0 Å². The predicted octanol–water partition coefficient (Wildman–Crippen LogP) is 4.17. The number of benzene rings is 2. The first-order valence-corrected chi connectivity index (χ1v) is 10.7. The number of nitrogens with zero attached hydrogens (tertiary/aromatic N) is 5. The molecule has 160 valence electrons. The summed E-state index contributed by atoms with van der Waals surface area (Å²) in [6, 6.07) is 20.9. The maximum absolute atomic E-state index is 13.7. The topological polar surface area (TPSA) is 56.0 Å². The molecule has 0 saturated carbocycles. The Morgan fingerprint density at radius 3 is 2.52 bits per heavy atom. The van der Waals surface area contributed by atoms with Crippen LogP contribution in [-0.4, -0.2) is 36.7 Å². The Morgan fingerprint density at radius 1 is 1.06 bits per heavy atom. The minimum absolute atomic E-state index is 0.0383. The normalized spacial score (nSPS) is 11.7. The van der Waals surface area contributed by atoms with Gasteiger partial charge in [-0.3, -0.25) is 4.79 Å². The molecule has 0 bridgehead atoms. The van der Waals surface area contributed by atoms with Gasteiger partial charge in [-0.25, -0.2) is 9.67 Å². The van der Waals surface area contributed by atoms with Crippen LogP contribution in [-0.2, 0) is 30.3 Å². The highest BCUT2D eigenvalue weighted by Crippen LogP contribution is 2.23. The number of carbonyl (C=O) groups is 1. The molecule has 0 spiro atoms. The second-order valence-corrected chi connectivity index (χ2v) is 8.47. The van der Waals surface area contributed by atoms with E-state index in [1.807, 2.05) is 36.9 Å². The van der Waals surface area contributed by atoms with Crippen LogP contribution in [0.5, 0.6) is 0 Å². The second kappa shape index (κ2) is 8.76. The average Bonchev–Trinajstić information content (AvgIpc) is 3.43. The summed E-state index contributed by atoms with van der Waals surface area (Å²) in [5.41, 5.74) is 2.76. The van der Waals surface area contributed by atoms with Crippen LogP contribution in [0.25, 0.3) is 10.9 Å². The number of carbonyl (C=O) groups excluding carboxylic acids is 1. The lowest BCUT2D eigenvalue weighted by molar-refractivity contribution is -0.140. The highest BCUT2D eigenvalue weighted by molar-refractivity contribution is 5.84. The molecule has 0 aliphatic rings. The number of aromatic nitrogens is 4. The van der Waals surface area contributed by atoms with Crippen molar-refractivity contribution in [3.63, 3.8) is 0 Å². The first-order valence-electron chi connectivity index (χ1n) is 10.7. The van der Waals surface area contributed by atoms with Crippen LogP contribution in [0.3, 0.4) is 0 Å². The first-order chi connectivity index (χ1) is 15.0. The Kier molecular flexibility index (Phi) is 5.89. The number of amides is 1. The van der Waals surface area contributed by atoms with Crippen molar-refractivity contribution in [2.24, 2.45) is 7.05 Å². The molecule has 6 nitrogen and oxygen atoms in total. The molecule has 4 aromatic rings. The van der Waals surface area contributed by atoms with Crippen LogP contribution in [0.15, 0.2) is 73.3 Å². The van der Waals surface area contributed by atoms with E-state index in [9.17, 15) is 4.79 Å². The van der Waals surface area contributed by atoms with Gasteiger partial charge >= 0.3 is 0 Å². The lowest BCUT2D eigenvalue weighted by Crippen LogP contribution is -2.47. The largest absolute Gasteiger partial charge is 0.346 e. The van der Waals surface area contributed by atoms with E-state index in [-0.39, 0.29) is 5.91 Å². The molecule has 0 unspecified atom stereocenters. The van der Waals surface area contributed by atoms with E-state index < -0.39 is 5.54 Å². The summed E-state index contributed by atoms with van der Waals surface area (Å²) in [7, 11) is 2.06. The summed E-state index contributed by atoms with van der Waals surface area (Å²) in [6.07, 6.45) is 4.91. The Labute approximate surface area is 183 Å². The van der Waals surface area contributed by atoms with E-state index in [1.54, 1.807) is 11.0 Å². The van der Waals surface area contributed by atoms with E-state index in [2.05, 4.69) is 64.2 Å². The molecule has 4 rings (SSSR count). The van der Waals surface area contributed by atoms with Gasteiger partial charge in [0.15, 0.2) is 0 Å².